The largest absolute Gasteiger partial charge is 0.495 e. The molecule has 4 aromatic carbocycles. The molecule has 2 fully saturated rings. The van der Waals surface area contributed by atoms with Gasteiger partial charge in [-0.1, -0.05) is 86.0 Å². The van der Waals surface area contributed by atoms with Crippen LogP contribution in [0.25, 0.3) is 22.3 Å². The highest BCUT2D eigenvalue weighted by molar-refractivity contribution is 6.31. The van der Waals surface area contributed by atoms with E-state index >= 15 is 8.78 Å². The predicted molar refractivity (Wildman–Crippen MR) is 282 cm³/mol. The average molecular weight is 1080 g/mol. The number of benzene rings is 4. The highest BCUT2D eigenvalue weighted by Crippen LogP contribution is 2.41. The third-order valence-electron chi connectivity index (χ3n) is 14.2. The van der Waals surface area contributed by atoms with Crippen molar-refractivity contribution in [3.05, 3.63) is 173 Å². The number of carboxylic acid groups (broad SMARTS) is 2. The fourth-order valence-electron chi connectivity index (χ4n) is 9.53. The van der Waals surface area contributed by atoms with Crippen LogP contribution < -0.4 is 20.6 Å². The molecule has 0 spiro atoms. The van der Waals surface area contributed by atoms with Gasteiger partial charge >= 0.3 is 11.9 Å². The third-order valence-corrected chi connectivity index (χ3v) is 14.7. The molecule has 2 saturated carbocycles. The van der Waals surface area contributed by atoms with Crippen LogP contribution in [0.1, 0.15) is 130 Å². The first-order valence-corrected chi connectivity index (χ1v) is 25.3. The number of aromatic carboxylic acids is 2. The Balaban J connectivity index is 0.000000221. The van der Waals surface area contributed by atoms with Crippen molar-refractivity contribution in [1.29, 1.82) is 0 Å². The number of ether oxygens (including phenoxy) is 2. The maximum atomic E-state index is 15.2. The molecule has 18 heteroatoms. The molecule has 6 aromatic rings. The van der Waals surface area contributed by atoms with Crippen molar-refractivity contribution in [2.24, 2.45) is 11.8 Å². The first-order valence-electron chi connectivity index (χ1n) is 24.5. The summed E-state index contributed by atoms with van der Waals surface area (Å²) >= 11 is 12.0. The highest BCUT2D eigenvalue weighted by Gasteiger charge is 2.32. The SMILES string of the molecule is COc1cn([C@@H](CC2CCC2)C(=O)Cc2ccc(C(=O)O)cc2)c(=O)cc1-c1c(C(C)=O)ccc(Cl)c1F.COc1cn([C@H](CC2CCC2)C(=O)Cc2ccc(C(=O)O)cc2)c(=O)cc1-c1c(C(C)=O)ccc(Cl)c1F. The van der Waals surface area contributed by atoms with E-state index in [1.807, 2.05) is 0 Å². The summed E-state index contributed by atoms with van der Waals surface area (Å²) in [6.45, 7) is 2.58. The number of aromatic nitrogens is 2. The van der Waals surface area contributed by atoms with E-state index in [4.69, 9.17) is 42.9 Å². The molecule has 0 aliphatic heterocycles. The molecule has 0 amide bonds. The van der Waals surface area contributed by atoms with Crippen molar-refractivity contribution in [2.75, 3.05) is 14.2 Å². The first-order chi connectivity index (χ1) is 36.2. The smallest absolute Gasteiger partial charge is 0.335 e. The molecule has 14 nitrogen and oxygen atoms in total. The molecule has 8 rings (SSSR count). The van der Waals surface area contributed by atoms with Gasteiger partial charge in [-0.2, -0.15) is 0 Å². The molecule has 2 heterocycles. The van der Waals surface area contributed by atoms with Gasteiger partial charge < -0.3 is 28.8 Å². The fourth-order valence-corrected chi connectivity index (χ4v) is 9.85. The van der Waals surface area contributed by atoms with Crippen molar-refractivity contribution >= 4 is 58.3 Å². The quantitative estimate of drug-likeness (QED) is 0.0685. The number of rotatable bonds is 20. The van der Waals surface area contributed by atoms with Gasteiger partial charge in [0.15, 0.2) is 23.1 Å². The van der Waals surface area contributed by atoms with Gasteiger partial charge in [0.25, 0.3) is 11.1 Å². The van der Waals surface area contributed by atoms with Gasteiger partial charge in [0.05, 0.1) is 59.9 Å². The van der Waals surface area contributed by atoms with E-state index in [9.17, 15) is 38.4 Å². The number of methoxy groups -OCH3 is 2. The predicted octanol–water partition coefficient (Wildman–Crippen LogP) is 11.5. The lowest BCUT2D eigenvalue weighted by Gasteiger charge is -2.30. The van der Waals surface area contributed by atoms with Gasteiger partial charge in [0, 0.05) is 58.4 Å². The topological polar surface area (TPSA) is 205 Å². The number of halogens is 4. The third kappa shape index (κ3) is 12.6. The number of ketones is 4. The summed E-state index contributed by atoms with van der Waals surface area (Å²) in [5.41, 5.74) is 0.355. The first kappa shape index (κ1) is 56.2. The number of hydrogen-bond acceptors (Lipinski definition) is 10. The van der Waals surface area contributed by atoms with Gasteiger partial charge in [-0.05, 0) is 98.2 Å². The maximum absolute atomic E-state index is 15.2. The van der Waals surface area contributed by atoms with Crippen molar-refractivity contribution < 1.29 is 57.2 Å². The van der Waals surface area contributed by atoms with Gasteiger partial charge in [0.2, 0.25) is 0 Å². The molecule has 0 bridgehead atoms. The van der Waals surface area contributed by atoms with Gasteiger partial charge in [-0.25, -0.2) is 18.4 Å². The summed E-state index contributed by atoms with van der Waals surface area (Å²) in [7, 11) is 2.71. The molecule has 396 valence electrons. The van der Waals surface area contributed by atoms with E-state index in [0.717, 1.165) is 38.5 Å². The minimum Gasteiger partial charge on any atom is -0.495 e. The second-order valence-corrected chi connectivity index (χ2v) is 19.9. The zero-order valence-electron chi connectivity index (χ0n) is 42.0. The van der Waals surface area contributed by atoms with Crippen LogP contribution in [0.5, 0.6) is 11.5 Å². The Hall–Kier alpha value is -7.56. The summed E-state index contributed by atoms with van der Waals surface area (Å²) in [4.78, 5) is 101. The highest BCUT2D eigenvalue weighted by atomic mass is 35.5. The monoisotopic (exact) mass is 1080 g/mol. The van der Waals surface area contributed by atoms with Crippen LogP contribution in [0.3, 0.4) is 0 Å². The Morgan fingerprint density at radius 2 is 0.921 bits per heavy atom. The van der Waals surface area contributed by atoms with E-state index in [2.05, 4.69) is 0 Å². The van der Waals surface area contributed by atoms with Gasteiger partial charge in [-0.3, -0.25) is 28.8 Å². The molecule has 2 aliphatic carbocycles. The lowest BCUT2D eigenvalue weighted by atomic mass is 9.79. The molecule has 0 unspecified atom stereocenters. The second-order valence-electron chi connectivity index (χ2n) is 19.1. The molecule has 2 atom stereocenters. The summed E-state index contributed by atoms with van der Waals surface area (Å²) in [5.74, 6) is -4.26. The lowest BCUT2D eigenvalue weighted by molar-refractivity contribution is -0.123. The number of hydrogen-bond donors (Lipinski definition) is 2. The van der Waals surface area contributed by atoms with Crippen LogP contribution in [0.4, 0.5) is 8.78 Å². The minimum atomic E-state index is -1.06. The van der Waals surface area contributed by atoms with Crippen LogP contribution in [0.15, 0.2) is 107 Å². The summed E-state index contributed by atoms with van der Waals surface area (Å²) in [6.07, 6.45) is 9.63. The Morgan fingerprint density at radius 1 is 0.579 bits per heavy atom. The molecular weight excluding hydrogens is 1030 g/mol. The molecule has 0 radical (unpaired) electrons. The number of pyridine rings is 2. The van der Waals surface area contributed by atoms with Crippen LogP contribution in [0, 0.1) is 23.5 Å². The Morgan fingerprint density at radius 3 is 1.20 bits per heavy atom. The van der Waals surface area contributed by atoms with E-state index in [0.29, 0.717) is 24.0 Å². The number of carbonyl (C=O) groups excluding carboxylic acids is 4. The number of nitrogens with zero attached hydrogens (tertiary/aromatic N) is 2. The summed E-state index contributed by atoms with van der Waals surface area (Å²) < 4.78 is 43.9. The van der Waals surface area contributed by atoms with Crippen molar-refractivity contribution in [3.63, 3.8) is 0 Å². The van der Waals surface area contributed by atoms with Crippen molar-refractivity contribution in [1.82, 2.24) is 9.13 Å². The van der Waals surface area contributed by atoms with E-state index in [1.165, 1.54) is 110 Å². The zero-order chi connectivity index (χ0) is 55.1. The van der Waals surface area contributed by atoms with Crippen LogP contribution >= 0.6 is 23.2 Å². The van der Waals surface area contributed by atoms with Crippen LogP contribution in [0.2, 0.25) is 10.0 Å². The summed E-state index contributed by atoms with van der Waals surface area (Å²) in [5, 5.41) is 17.8. The molecule has 0 saturated heterocycles. The number of carboxylic acids is 2. The van der Waals surface area contributed by atoms with Crippen molar-refractivity contribution in [3.8, 4) is 33.8 Å². The molecular formula is C58H54Cl2F2N2O12. The maximum Gasteiger partial charge on any atom is 0.335 e. The van der Waals surface area contributed by atoms with E-state index in [1.54, 1.807) is 24.3 Å². The Kier molecular flexibility index (Phi) is 18.0. The van der Waals surface area contributed by atoms with Gasteiger partial charge in [-0.15, -0.1) is 0 Å². The summed E-state index contributed by atoms with van der Waals surface area (Å²) in [6, 6.07) is 18.1. The average Bonchev–Trinajstić information content (AvgIpc) is 3.38. The Labute approximate surface area is 445 Å². The Bertz CT molecular complexity index is 3140. The van der Waals surface area contributed by atoms with E-state index < -0.39 is 58.3 Å². The minimum absolute atomic E-state index is 0.00516. The van der Waals surface area contributed by atoms with Crippen LogP contribution in [-0.2, 0) is 22.4 Å². The normalized spacial score (nSPS) is 14.0. The van der Waals surface area contributed by atoms with Crippen LogP contribution in [-0.4, -0.2) is 68.6 Å². The molecule has 2 aliphatic rings. The standard InChI is InChI=1S/2C29H27ClFNO6/c2*1-16(33)20-10-11-22(30)28(31)27(20)21-14-26(35)32(15-25(21)38-2)23(12-17-4-3-5-17)24(34)13-18-6-8-19(9-7-18)29(36)37/h2*6-11,14-15,17,23H,3-5,12-13H2,1-2H3,(H,36,37)/t2*23-/m10/s1. The molecule has 76 heavy (non-hydrogen) atoms. The van der Waals surface area contributed by atoms with Gasteiger partial charge in [0.1, 0.15) is 23.1 Å². The zero-order valence-corrected chi connectivity index (χ0v) is 43.5. The molecule has 2 N–H and O–H groups in total. The van der Waals surface area contributed by atoms with E-state index in [-0.39, 0.29) is 102 Å². The van der Waals surface area contributed by atoms with Crippen molar-refractivity contribution in [2.45, 2.75) is 90.1 Å². The number of Topliss-reactive ketones (excluding diaryl/α,β-unsaturated/α-hetero) is 4. The fraction of sp³-hybridized carbons (Fsp3) is 0.310. The molecule has 2 aromatic heterocycles. The lowest BCUT2D eigenvalue weighted by Crippen LogP contribution is -2.33. The number of carbonyl (C=O) groups is 6. The second kappa shape index (κ2) is 24.4.